The number of nitrogens with zero attached hydrogens (tertiary/aromatic N) is 2. The van der Waals surface area contributed by atoms with Crippen LogP contribution in [0.25, 0.3) is 12.2 Å². The fourth-order valence-electron chi connectivity index (χ4n) is 10.9. The normalized spacial score (nSPS) is 35.8. The number of hydrogen-bond acceptors (Lipinski definition) is 15. The monoisotopic (exact) mass is 1290 g/mol. The van der Waals surface area contributed by atoms with Gasteiger partial charge in [-0.15, -0.1) is 0 Å². The Kier molecular flexibility index (Phi) is 30.4. The van der Waals surface area contributed by atoms with Crippen LogP contribution in [0.2, 0.25) is 19.6 Å². The molecule has 2 aromatic heterocycles. The predicted molar refractivity (Wildman–Crippen MR) is 329 cm³/mol. The van der Waals surface area contributed by atoms with Crippen LogP contribution in [0.1, 0.15) is 166 Å². The van der Waals surface area contributed by atoms with Crippen molar-refractivity contribution in [1.29, 1.82) is 0 Å². The van der Waals surface area contributed by atoms with Crippen molar-refractivity contribution in [2.45, 2.75) is 242 Å². The molecule has 0 aromatic carbocycles. The standard InChI is InChI=1S/C19H27NO4.C18H27NO2.C12H22O3.C10H19BrO.C4H9F3O3SSi/c1-6-15-9-8-14(10-20-15)11-21-19(5)23-17-13(4)12(3)16(7-2)22-18(17)24-19;1-6-16-9-8-15(10-19-16)11-20-18-14(5)12(3)13(4)17(7-2)21-18;1-6-11-8(3)7(2)9(4)12(15-11)14-10(5)13;1-5-9-7(3)6(2)8(4)10(11)12-9;1-12(2,3)10-11(8,9)4(5,6)7/h6,8-10,12-13,16-18H,1,7,11H2,2-5H3;6,8-10,12-14,17-18H,1,7,11H2,2-5H3;7-9,11-12H,6H2,1-5H3;6-10H,5H2,1-4H3;1-3H3/t12-,13-,16?,17?,18-,19?;12-,13-,14?,17?,18+;7-,8-,9?,11?,12?;6-,7-,8?,9?,10-;/m0000./s1. The molecular weight excluding hydrogens is 1190 g/mol. The SMILES string of the molecule is C=Cc1ccc(COC2(C)OC3[C@@H](OC(CC)[C@@H](C)[C@@H]3C)O2)cn1.C=Cc1ccc(CO[C@@H]2OC(CC)[C@@H](C)[C@H](C)C2C)cn1.CCC1OC(OC(C)=O)C(C)[C@@H](C)[C@@H]1C.CCC1O[C@H](Br)C(C)[C@@H](C)[C@@H]1C.C[Si](C)(C)OS(=O)(=O)C(F)(F)F. The highest BCUT2D eigenvalue weighted by Crippen LogP contribution is 2.44. The Balaban J connectivity index is 0.000000284. The van der Waals surface area contributed by atoms with E-state index in [1.807, 2.05) is 30.5 Å². The van der Waals surface area contributed by atoms with Crippen LogP contribution < -0.4 is 0 Å². The van der Waals surface area contributed by atoms with Crippen molar-refractivity contribution in [2.24, 2.45) is 65.1 Å². The van der Waals surface area contributed by atoms with E-state index in [1.54, 1.807) is 25.3 Å². The lowest BCUT2D eigenvalue weighted by Gasteiger charge is -2.43. The van der Waals surface area contributed by atoms with Crippen molar-refractivity contribution >= 4 is 52.5 Å². The molecule has 15 nitrogen and oxygen atoms in total. The third kappa shape index (κ3) is 21.8. The highest BCUT2D eigenvalue weighted by molar-refractivity contribution is 9.09. The lowest BCUT2D eigenvalue weighted by molar-refractivity contribution is -0.348. The third-order valence-corrected chi connectivity index (χ3v) is 22.2. The van der Waals surface area contributed by atoms with Gasteiger partial charge in [-0.3, -0.25) is 19.5 Å². The van der Waals surface area contributed by atoms with E-state index in [-0.39, 0.29) is 54.1 Å². The van der Waals surface area contributed by atoms with Crippen LogP contribution in [0.15, 0.2) is 49.8 Å². The van der Waals surface area contributed by atoms with E-state index in [2.05, 4.69) is 147 Å². The Morgan fingerprint density at radius 2 is 1.05 bits per heavy atom. The second-order valence-corrected chi connectivity index (χ2v) is 31.9. The summed E-state index contributed by atoms with van der Waals surface area (Å²) in [6.45, 7) is 48.8. The zero-order chi connectivity index (χ0) is 63.8. The van der Waals surface area contributed by atoms with Gasteiger partial charge in [0, 0.05) is 38.1 Å². The first-order chi connectivity index (χ1) is 39.0. The van der Waals surface area contributed by atoms with Gasteiger partial charge in [0.1, 0.15) is 11.1 Å². The molecule has 0 aliphatic carbocycles. The summed E-state index contributed by atoms with van der Waals surface area (Å²) in [4.78, 5) is 19.5. The zero-order valence-corrected chi connectivity index (χ0v) is 57.3. The number of hydrogen-bond donors (Lipinski definition) is 0. The Hall–Kier alpha value is -2.67. The molecule has 0 saturated carbocycles. The molecule has 482 valence electrons. The average Bonchev–Trinajstić information content (AvgIpc) is 3.62. The maximum Gasteiger partial charge on any atom is 0.522 e. The van der Waals surface area contributed by atoms with Gasteiger partial charge in [-0.2, -0.15) is 21.6 Å². The first-order valence-corrected chi connectivity index (χ1v) is 36.0. The molecule has 10 unspecified atom stereocenters. The number of fused-ring (bicyclic) bond motifs is 1. The van der Waals surface area contributed by atoms with Gasteiger partial charge in [-0.05, 0) is 134 Å². The van der Waals surface area contributed by atoms with E-state index >= 15 is 0 Å². The van der Waals surface area contributed by atoms with Gasteiger partial charge in [0.05, 0.1) is 49.0 Å². The van der Waals surface area contributed by atoms with Gasteiger partial charge in [0.25, 0.3) is 5.97 Å². The zero-order valence-electron chi connectivity index (χ0n) is 53.9. The van der Waals surface area contributed by atoms with E-state index in [9.17, 15) is 26.4 Å². The number of esters is 1. The highest BCUT2D eigenvalue weighted by Gasteiger charge is 2.54. The molecular formula is C63H104BrF3N2O13SSi. The van der Waals surface area contributed by atoms with E-state index < -0.39 is 29.9 Å². The molecule has 21 heteroatoms. The van der Waals surface area contributed by atoms with Gasteiger partial charge in [-0.25, -0.2) is 0 Å². The lowest BCUT2D eigenvalue weighted by atomic mass is 9.78. The summed E-state index contributed by atoms with van der Waals surface area (Å²) in [5.74, 6) is 4.42. The quantitative estimate of drug-likeness (QED) is 0.0714. The minimum Gasteiger partial charge on any atom is -0.436 e. The topological polar surface area (TPSA) is 169 Å². The molecule has 5 aliphatic heterocycles. The highest BCUT2D eigenvalue weighted by atomic mass is 79.9. The Morgan fingerprint density at radius 1 is 0.631 bits per heavy atom. The summed E-state index contributed by atoms with van der Waals surface area (Å²) in [7, 11) is -8.10. The number of aromatic nitrogens is 2. The summed E-state index contributed by atoms with van der Waals surface area (Å²) in [5.41, 5.74) is -1.57. The lowest BCUT2D eigenvalue weighted by Crippen LogP contribution is -2.47. The molecule has 0 radical (unpaired) electrons. The molecule has 0 spiro atoms. The van der Waals surface area contributed by atoms with Crippen molar-refractivity contribution in [3.8, 4) is 0 Å². The Labute approximate surface area is 512 Å². The summed E-state index contributed by atoms with van der Waals surface area (Å²) in [6.07, 6.45) is 11.4. The van der Waals surface area contributed by atoms with Crippen LogP contribution in [-0.2, 0) is 74.6 Å². The van der Waals surface area contributed by atoms with Gasteiger partial charge in [-0.1, -0.05) is 145 Å². The molecule has 7 heterocycles. The molecule has 84 heavy (non-hydrogen) atoms. The minimum atomic E-state index is -5.39. The number of ether oxygens (including phenoxy) is 9. The molecule has 5 fully saturated rings. The molecule has 7 rings (SSSR count). The molecule has 5 aliphatic rings. The molecule has 0 N–H and O–H groups in total. The van der Waals surface area contributed by atoms with Gasteiger partial charge in [0.2, 0.25) is 14.6 Å². The number of rotatable bonds is 15. The van der Waals surface area contributed by atoms with E-state index in [0.29, 0.717) is 78.7 Å². The van der Waals surface area contributed by atoms with Crippen LogP contribution in [-0.4, -0.2) is 98.6 Å². The van der Waals surface area contributed by atoms with E-state index in [1.165, 1.54) is 26.6 Å². The van der Waals surface area contributed by atoms with Gasteiger partial charge in [0.15, 0.2) is 12.6 Å². The van der Waals surface area contributed by atoms with Gasteiger partial charge < -0.3 is 41.8 Å². The first-order valence-electron chi connectivity index (χ1n) is 30.2. The molecule has 0 amide bonds. The van der Waals surface area contributed by atoms with Crippen molar-refractivity contribution in [1.82, 2.24) is 9.97 Å². The van der Waals surface area contributed by atoms with Crippen molar-refractivity contribution in [3.05, 3.63) is 72.3 Å². The van der Waals surface area contributed by atoms with Crippen LogP contribution in [0.5, 0.6) is 0 Å². The van der Waals surface area contributed by atoms with Crippen LogP contribution >= 0.6 is 15.9 Å². The van der Waals surface area contributed by atoms with E-state index in [0.717, 1.165) is 54.1 Å². The number of pyridine rings is 2. The number of alkyl halides is 4. The van der Waals surface area contributed by atoms with Crippen molar-refractivity contribution in [3.63, 3.8) is 0 Å². The van der Waals surface area contributed by atoms with Crippen molar-refractivity contribution < 1.29 is 72.9 Å². The maximum atomic E-state index is 11.7. The number of halogens is 4. The van der Waals surface area contributed by atoms with Crippen LogP contribution in [0.4, 0.5) is 13.2 Å². The largest absolute Gasteiger partial charge is 0.522 e. The first kappa shape index (κ1) is 75.6. The maximum absolute atomic E-state index is 11.7. The summed E-state index contributed by atoms with van der Waals surface area (Å²) >= 11 is 3.58. The smallest absolute Gasteiger partial charge is 0.436 e. The molecule has 5 saturated heterocycles. The summed E-state index contributed by atoms with van der Waals surface area (Å²) < 4.78 is 113. The van der Waals surface area contributed by atoms with Crippen LogP contribution in [0.3, 0.4) is 0 Å². The Morgan fingerprint density at radius 3 is 1.45 bits per heavy atom. The Bertz CT molecular complexity index is 2400. The number of carbonyl (C=O) groups excluding carboxylic acids is 1. The minimum absolute atomic E-state index is 0.103. The second-order valence-electron chi connectivity index (χ2n) is 24.7. The second kappa shape index (κ2) is 33.8. The third-order valence-electron chi connectivity index (χ3n) is 17.7. The molecule has 0 bridgehead atoms. The molecule has 2 aromatic rings. The number of carbonyl (C=O) groups is 1. The predicted octanol–water partition coefficient (Wildman–Crippen LogP) is 15.7. The summed E-state index contributed by atoms with van der Waals surface area (Å²) in [6, 6.07) is 7.85. The average molecular weight is 1290 g/mol. The van der Waals surface area contributed by atoms with E-state index in [4.69, 9.17) is 42.6 Å². The summed E-state index contributed by atoms with van der Waals surface area (Å²) in [5, 5.41) is 0.258. The fraction of sp³-hybridized carbons (Fsp3) is 0.762. The van der Waals surface area contributed by atoms with Gasteiger partial charge >= 0.3 is 21.6 Å². The molecule has 21 atom stereocenters. The van der Waals surface area contributed by atoms with Crippen molar-refractivity contribution in [2.75, 3.05) is 0 Å². The fourth-order valence-corrected chi connectivity index (χ4v) is 14.7. The van der Waals surface area contributed by atoms with Crippen LogP contribution in [0, 0.1) is 65.1 Å².